The Labute approximate surface area is 112 Å². The minimum Gasteiger partial charge on any atom is -0.476 e. The van der Waals surface area contributed by atoms with Gasteiger partial charge in [0.1, 0.15) is 6.61 Å². The molecule has 1 aromatic heterocycles. The molecule has 4 nitrogen and oxygen atoms in total. The highest BCUT2D eigenvalue weighted by Crippen LogP contribution is 2.24. The molecular formula is C15H15N3O. The molecule has 0 spiro atoms. The van der Waals surface area contributed by atoms with Crippen LogP contribution in [0.1, 0.15) is 18.4 Å². The van der Waals surface area contributed by atoms with E-state index in [9.17, 15) is 0 Å². The van der Waals surface area contributed by atoms with E-state index in [1.54, 1.807) is 6.20 Å². The van der Waals surface area contributed by atoms with E-state index < -0.39 is 0 Å². The maximum atomic E-state index is 8.97. The minimum atomic E-state index is 0.413. The van der Waals surface area contributed by atoms with Gasteiger partial charge in [0.15, 0.2) is 0 Å². The van der Waals surface area contributed by atoms with Crippen molar-refractivity contribution in [3.8, 4) is 11.9 Å². The number of benzene rings is 1. The largest absolute Gasteiger partial charge is 0.476 e. The highest BCUT2D eigenvalue weighted by molar-refractivity contribution is 5.87. The zero-order chi connectivity index (χ0) is 13.1. The van der Waals surface area contributed by atoms with Crippen LogP contribution in [0.3, 0.4) is 0 Å². The van der Waals surface area contributed by atoms with Crippen LogP contribution in [0.15, 0.2) is 30.5 Å². The summed E-state index contributed by atoms with van der Waals surface area (Å²) in [6, 6.07) is 10.1. The van der Waals surface area contributed by atoms with E-state index in [1.165, 1.54) is 6.42 Å². The van der Waals surface area contributed by atoms with Gasteiger partial charge in [-0.3, -0.25) is 0 Å². The number of nitrogens with zero attached hydrogens (tertiary/aromatic N) is 2. The first-order chi connectivity index (χ1) is 9.36. The standard InChI is InChI=1S/C15H15N3O/c16-9-11-3-4-12-5-7-18-15(14(12)8-11)19-10-13-2-1-6-17-13/h3-5,7-8,13,17H,1-2,6,10H2. The summed E-state index contributed by atoms with van der Waals surface area (Å²) in [4.78, 5) is 4.28. The van der Waals surface area contributed by atoms with Crippen molar-refractivity contribution >= 4 is 10.8 Å². The fraction of sp³-hybridized carbons (Fsp3) is 0.333. The van der Waals surface area contributed by atoms with Gasteiger partial charge in [0.2, 0.25) is 5.88 Å². The van der Waals surface area contributed by atoms with Crippen molar-refractivity contribution < 1.29 is 4.74 Å². The van der Waals surface area contributed by atoms with Gasteiger partial charge in [0, 0.05) is 17.6 Å². The molecule has 0 bridgehead atoms. The lowest BCUT2D eigenvalue weighted by Gasteiger charge is -2.12. The average Bonchev–Trinajstić information content (AvgIpc) is 2.97. The highest BCUT2D eigenvalue weighted by Gasteiger charge is 2.15. The number of rotatable bonds is 3. The summed E-state index contributed by atoms with van der Waals surface area (Å²) in [6.45, 7) is 1.69. The minimum absolute atomic E-state index is 0.413. The molecule has 1 saturated heterocycles. The molecule has 1 fully saturated rings. The number of nitriles is 1. The molecule has 0 saturated carbocycles. The van der Waals surface area contributed by atoms with Gasteiger partial charge < -0.3 is 10.1 Å². The van der Waals surface area contributed by atoms with Gasteiger partial charge in [-0.05, 0) is 43.0 Å². The van der Waals surface area contributed by atoms with Crippen molar-refractivity contribution in [2.24, 2.45) is 0 Å². The number of pyridine rings is 1. The summed E-state index contributed by atoms with van der Waals surface area (Å²) < 4.78 is 5.82. The Morgan fingerprint density at radius 3 is 3.16 bits per heavy atom. The van der Waals surface area contributed by atoms with Crippen LogP contribution in [0.5, 0.6) is 5.88 Å². The molecule has 1 aliphatic rings. The molecule has 4 heteroatoms. The third kappa shape index (κ3) is 2.51. The van der Waals surface area contributed by atoms with Crippen LogP contribution >= 0.6 is 0 Å². The fourth-order valence-electron chi connectivity index (χ4n) is 2.40. The summed E-state index contributed by atoms with van der Waals surface area (Å²) in [5, 5.41) is 14.3. The van der Waals surface area contributed by atoms with E-state index in [2.05, 4.69) is 16.4 Å². The summed E-state index contributed by atoms with van der Waals surface area (Å²) in [6.07, 6.45) is 4.09. The Morgan fingerprint density at radius 1 is 1.42 bits per heavy atom. The topological polar surface area (TPSA) is 57.9 Å². The predicted octanol–water partition coefficient (Wildman–Crippen LogP) is 2.24. The second kappa shape index (κ2) is 5.25. The summed E-state index contributed by atoms with van der Waals surface area (Å²) in [5.41, 5.74) is 0.629. The van der Waals surface area contributed by atoms with Gasteiger partial charge in [0.25, 0.3) is 0 Å². The Kier molecular flexibility index (Phi) is 3.30. The van der Waals surface area contributed by atoms with E-state index in [-0.39, 0.29) is 0 Å². The van der Waals surface area contributed by atoms with Crippen LogP contribution in [0.2, 0.25) is 0 Å². The van der Waals surface area contributed by atoms with Crippen molar-refractivity contribution in [3.63, 3.8) is 0 Å². The monoisotopic (exact) mass is 253 g/mol. The molecule has 19 heavy (non-hydrogen) atoms. The van der Waals surface area contributed by atoms with Crippen LogP contribution < -0.4 is 10.1 Å². The van der Waals surface area contributed by atoms with Gasteiger partial charge >= 0.3 is 0 Å². The number of nitrogens with one attached hydrogen (secondary N) is 1. The first-order valence-corrected chi connectivity index (χ1v) is 6.52. The molecule has 1 aliphatic heterocycles. The number of hydrogen-bond donors (Lipinski definition) is 1. The van der Waals surface area contributed by atoms with Crippen LogP contribution in [0, 0.1) is 11.3 Å². The van der Waals surface area contributed by atoms with Crippen LogP contribution in [-0.2, 0) is 0 Å². The summed E-state index contributed by atoms with van der Waals surface area (Å²) >= 11 is 0. The Balaban J connectivity index is 1.87. The van der Waals surface area contributed by atoms with Crippen molar-refractivity contribution in [2.45, 2.75) is 18.9 Å². The molecular weight excluding hydrogens is 238 g/mol. The first kappa shape index (κ1) is 11.9. The Bertz CT molecular complexity index is 627. The third-order valence-electron chi connectivity index (χ3n) is 3.44. The zero-order valence-corrected chi connectivity index (χ0v) is 10.6. The predicted molar refractivity (Wildman–Crippen MR) is 73.0 cm³/mol. The van der Waals surface area contributed by atoms with E-state index in [1.807, 2.05) is 24.3 Å². The SMILES string of the molecule is N#Cc1ccc2ccnc(OCC3CCCN3)c2c1. The maximum absolute atomic E-state index is 8.97. The van der Waals surface area contributed by atoms with E-state index in [4.69, 9.17) is 10.00 Å². The zero-order valence-electron chi connectivity index (χ0n) is 10.6. The second-order valence-corrected chi connectivity index (χ2v) is 4.77. The quantitative estimate of drug-likeness (QED) is 0.911. The molecule has 1 aromatic carbocycles. The molecule has 1 N–H and O–H groups in total. The molecule has 3 rings (SSSR count). The summed E-state index contributed by atoms with van der Waals surface area (Å²) in [5.74, 6) is 0.614. The molecule has 0 amide bonds. The van der Waals surface area contributed by atoms with Crippen LogP contribution in [-0.4, -0.2) is 24.2 Å². The van der Waals surface area contributed by atoms with Crippen molar-refractivity contribution in [1.82, 2.24) is 10.3 Å². The smallest absolute Gasteiger partial charge is 0.221 e. The molecule has 2 heterocycles. The molecule has 1 atom stereocenters. The second-order valence-electron chi connectivity index (χ2n) is 4.77. The Morgan fingerprint density at radius 2 is 2.37 bits per heavy atom. The first-order valence-electron chi connectivity index (χ1n) is 6.52. The fourth-order valence-corrected chi connectivity index (χ4v) is 2.40. The third-order valence-corrected chi connectivity index (χ3v) is 3.44. The number of fused-ring (bicyclic) bond motifs is 1. The van der Waals surface area contributed by atoms with Crippen LogP contribution in [0.25, 0.3) is 10.8 Å². The lowest BCUT2D eigenvalue weighted by molar-refractivity contribution is 0.271. The van der Waals surface area contributed by atoms with Gasteiger partial charge in [-0.25, -0.2) is 4.98 Å². The number of hydrogen-bond acceptors (Lipinski definition) is 4. The van der Waals surface area contributed by atoms with Crippen molar-refractivity contribution in [2.75, 3.05) is 13.2 Å². The number of ether oxygens (including phenoxy) is 1. The number of aromatic nitrogens is 1. The van der Waals surface area contributed by atoms with E-state index in [0.717, 1.165) is 23.7 Å². The van der Waals surface area contributed by atoms with E-state index >= 15 is 0 Å². The summed E-state index contributed by atoms with van der Waals surface area (Å²) in [7, 11) is 0. The molecule has 2 aromatic rings. The lowest BCUT2D eigenvalue weighted by atomic mass is 10.1. The lowest BCUT2D eigenvalue weighted by Crippen LogP contribution is -2.28. The highest BCUT2D eigenvalue weighted by atomic mass is 16.5. The van der Waals surface area contributed by atoms with Gasteiger partial charge in [-0.15, -0.1) is 0 Å². The van der Waals surface area contributed by atoms with Gasteiger partial charge in [-0.2, -0.15) is 5.26 Å². The van der Waals surface area contributed by atoms with Crippen LogP contribution in [0.4, 0.5) is 0 Å². The molecule has 0 radical (unpaired) electrons. The maximum Gasteiger partial charge on any atom is 0.221 e. The average molecular weight is 253 g/mol. The van der Waals surface area contributed by atoms with Gasteiger partial charge in [-0.1, -0.05) is 6.07 Å². The van der Waals surface area contributed by atoms with Crippen molar-refractivity contribution in [3.05, 3.63) is 36.0 Å². The molecule has 1 unspecified atom stereocenters. The van der Waals surface area contributed by atoms with E-state index in [0.29, 0.717) is 24.1 Å². The van der Waals surface area contributed by atoms with Gasteiger partial charge in [0.05, 0.1) is 11.6 Å². The van der Waals surface area contributed by atoms with Crippen molar-refractivity contribution in [1.29, 1.82) is 5.26 Å². The Hall–Kier alpha value is -2.12. The normalized spacial score (nSPS) is 18.4. The molecule has 96 valence electrons. The molecule has 0 aliphatic carbocycles.